The van der Waals surface area contributed by atoms with Crippen molar-refractivity contribution < 1.29 is 30.3 Å². The number of aliphatic hydroxyl groups excluding tert-OH is 4. The fourth-order valence-electron chi connectivity index (χ4n) is 2.87. The minimum absolute atomic E-state index is 0.132. The Kier molecular flexibility index (Phi) is 6.91. The fourth-order valence-corrected chi connectivity index (χ4v) is 2.87. The van der Waals surface area contributed by atoms with E-state index in [2.05, 4.69) is 4.98 Å². The maximum absolute atomic E-state index is 11.8. The summed E-state index contributed by atoms with van der Waals surface area (Å²) in [6, 6.07) is 6.48. The number of aromatic amines is 1. The van der Waals surface area contributed by atoms with Crippen LogP contribution in [0.15, 0.2) is 30.5 Å². The van der Waals surface area contributed by atoms with Gasteiger partial charge in [-0.05, 0) is 11.6 Å². The van der Waals surface area contributed by atoms with Gasteiger partial charge in [0.15, 0.2) is 0 Å². The third-order valence-electron chi connectivity index (χ3n) is 4.13. The zero-order valence-corrected chi connectivity index (χ0v) is 13.7. The molecule has 8 nitrogen and oxygen atoms in total. The quantitative estimate of drug-likeness (QED) is 0.328. The molecule has 6 N–H and O–H groups in total. The number of nitrogens with one attached hydrogen (secondary N) is 1. The third kappa shape index (κ3) is 5.00. The molecule has 1 aromatic carbocycles. The number of hydrogen-bond acceptors (Lipinski definition) is 6. The van der Waals surface area contributed by atoms with E-state index in [-0.39, 0.29) is 19.5 Å². The molecule has 0 aliphatic carbocycles. The average Bonchev–Trinajstić information content (AvgIpc) is 3.01. The predicted octanol–water partition coefficient (Wildman–Crippen LogP) is -0.828. The molecule has 1 heterocycles. The lowest BCUT2D eigenvalue weighted by Crippen LogP contribution is -2.50. The van der Waals surface area contributed by atoms with Crippen LogP contribution in [0.5, 0.6) is 0 Å². The Morgan fingerprint density at radius 3 is 2.24 bits per heavy atom. The van der Waals surface area contributed by atoms with Crippen LogP contribution in [0.1, 0.15) is 5.56 Å². The number of benzene rings is 1. The van der Waals surface area contributed by atoms with Gasteiger partial charge >= 0.3 is 5.97 Å². The predicted molar refractivity (Wildman–Crippen MR) is 91.2 cm³/mol. The first-order valence-electron chi connectivity index (χ1n) is 8.06. The number of para-hydroxylation sites is 1. The molecule has 3 unspecified atom stereocenters. The van der Waals surface area contributed by atoms with E-state index < -0.39 is 37.4 Å². The highest BCUT2D eigenvalue weighted by molar-refractivity contribution is 5.84. The summed E-state index contributed by atoms with van der Waals surface area (Å²) < 4.78 is 0. The van der Waals surface area contributed by atoms with Crippen LogP contribution in [-0.2, 0) is 11.2 Å². The molecule has 8 heteroatoms. The Labute approximate surface area is 144 Å². The molecule has 1 aromatic heterocycles. The van der Waals surface area contributed by atoms with Crippen molar-refractivity contribution in [2.45, 2.75) is 24.7 Å². The van der Waals surface area contributed by atoms with Crippen molar-refractivity contribution in [2.75, 3.05) is 26.3 Å². The van der Waals surface area contributed by atoms with Crippen LogP contribution < -0.4 is 0 Å². The minimum Gasteiger partial charge on any atom is -0.480 e. The van der Waals surface area contributed by atoms with Gasteiger partial charge in [0.05, 0.1) is 25.4 Å². The minimum atomic E-state index is -1.14. The van der Waals surface area contributed by atoms with Gasteiger partial charge in [-0.2, -0.15) is 0 Å². The molecule has 138 valence electrons. The van der Waals surface area contributed by atoms with E-state index in [1.165, 1.54) is 4.90 Å². The normalized spacial score (nSPS) is 15.4. The van der Waals surface area contributed by atoms with Gasteiger partial charge in [0.2, 0.25) is 0 Å². The first-order chi connectivity index (χ1) is 12.0. The summed E-state index contributed by atoms with van der Waals surface area (Å²) >= 11 is 0. The molecule has 0 fully saturated rings. The third-order valence-corrected chi connectivity index (χ3v) is 4.13. The summed E-state index contributed by atoms with van der Waals surface area (Å²) in [5.41, 5.74) is 1.68. The SMILES string of the molecule is O=C(O)C(Cc1c[nH]c2ccccc12)N(CC(O)CO)CC(O)CO. The monoisotopic (exact) mass is 352 g/mol. The Hall–Kier alpha value is -1.97. The number of hydrogen-bond donors (Lipinski definition) is 6. The lowest BCUT2D eigenvalue weighted by molar-refractivity contribution is -0.144. The van der Waals surface area contributed by atoms with Crippen molar-refractivity contribution in [1.82, 2.24) is 9.88 Å². The van der Waals surface area contributed by atoms with Gasteiger partial charge in [-0.25, -0.2) is 0 Å². The molecule has 3 atom stereocenters. The summed E-state index contributed by atoms with van der Waals surface area (Å²) in [5, 5.41) is 48.1. The van der Waals surface area contributed by atoms with Crippen LogP contribution >= 0.6 is 0 Å². The molecular formula is C17H24N2O6. The second kappa shape index (κ2) is 8.93. The molecule has 0 saturated heterocycles. The molecular weight excluding hydrogens is 328 g/mol. The molecule has 2 rings (SSSR count). The highest BCUT2D eigenvalue weighted by Crippen LogP contribution is 2.21. The smallest absolute Gasteiger partial charge is 0.321 e. The molecule has 0 bridgehead atoms. The molecule has 0 aliphatic rings. The molecule has 25 heavy (non-hydrogen) atoms. The van der Waals surface area contributed by atoms with Crippen molar-refractivity contribution in [3.63, 3.8) is 0 Å². The van der Waals surface area contributed by atoms with Crippen LogP contribution in [0.2, 0.25) is 0 Å². The van der Waals surface area contributed by atoms with E-state index in [0.29, 0.717) is 0 Å². The number of carboxylic acid groups (broad SMARTS) is 1. The van der Waals surface area contributed by atoms with Crippen molar-refractivity contribution in [2.24, 2.45) is 0 Å². The topological polar surface area (TPSA) is 137 Å². The zero-order valence-electron chi connectivity index (χ0n) is 13.7. The van der Waals surface area contributed by atoms with Gasteiger partial charge in [0.25, 0.3) is 0 Å². The number of aromatic nitrogens is 1. The zero-order chi connectivity index (χ0) is 18.4. The molecule has 0 radical (unpaired) electrons. The number of nitrogens with zero attached hydrogens (tertiary/aromatic N) is 1. The standard InChI is InChI=1S/C17H24N2O6/c20-9-12(22)7-19(8-13(23)10-21)16(17(24)25)5-11-6-18-15-4-2-1-3-14(11)15/h1-4,6,12-13,16,18,20-23H,5,7-10H2,(H,24,25). The number of aliphatic hydroxyl groups is 4. The van der Waals surface area contributed by atoms with Gasteiger partial charge in [0, 0.05) is 36.6 Å². The summed E-state index contributed by atoms with van der Waals surface area (Å²) in [6.07, 6.45) is -0.397. The Morgan fingerprint density at radius 2 is 1.68 bits per heavy atom. The number of carbonyl (C=O) groups is 1. The molecule has 0 saturated carbocycles. The summed E-state index contributed by atoms with van der Waals surface area (Å²) in [5.74, 6) is -1.11. The lowest BCUT2D eigenvalue weighted by atomic mass is 10.0. The fraction of sp³-hybridized carbons (Fsp3) is 0.471. The Bertz CT molecular complexity index is 677. The van der Waals surface area contributed by atoms with Gasteiger partial charge < -0.3 is 30.5 Å². The molecule has 0 spiro atoms. The highest BCUT2D eigenvalue weighted by atomic mass is 16.4. The number of fused-ring (bicyclic) bond motifs is 1. The largest absolute Gasteiger partial charge is 0.480 e. The van der Waals surface area contributed by atoms with Crippen LogP contribution in [-0.4, -0.2) is 85.9 Å². The van der Waals surface area contributed by atoms with Gasteiger partial charge in [-0.1, -0.05) is 18.2 Å². The number of rotatable bonds is 10. The van der Waals surface area contributed by atoms with E-state index in [1.807, 2.05) is 24.3 Å². The van der Waals surface area contributed by atoms with Crippen LogP contribution in [0, 0.1) is 0 Å². The lowest BCUT2D eigenvalue weighted by Gasteiger charge is -2.31. The van der Waals surface area contributed by atoms with E-state index >= 15 is 0 Å². The summed E-state index contributed by atoms with van der Waals surface area (Å²) in [4.78, 5) is 16.3. The number of H-pyrrole nitrogens is 1. The van der Waals surface area contributed by atoms with Crippen LogP contribution in [0.3, 0.4) is 0 Å². The molecule has 0 aliphatic heterocycles. The Balaban J connectivity index is 2.26. The second-order valence-electron chi connectivity index (χ2n) is 6.04. The summed E-state index contributed by atoms with van der Waals surface area (Å²) in [7, 11) is 0. The van der Waals surface area contributed by atoms with Crippen LogP contribution in [0.25, 0.3) is 10.9 Å². The highest BCUT2D eigenvalue weighted by Gasteiger charge is 2.29. The summed E-state index contributed by atoms with van der Waals surface area (Å²) in [6.45, 7) is -1.31. The van der Waals surface area contributed by atoms with E-state index in [1.54, 1.807) is 6.20 Å². The van der Waals surface area contributed by atoms with Crippen molar-refractivity contribution >= 4 is 16.9 Å². The Morgan fingerprint density at radius 1 is 1.08 bits per heavy atom. The molecule has 0 amide bonds. The van der Waals surface area contributed by atoms with Gasteiger partial charge in [-0.15, -0.1) is 0 Å². The molecule has 2 aromatic rings. The van der Waals surface area contributed by atoms with E-state index in [0.717, 1.165) is 16.5 Å². The van der Waals surface area contributed by atoms with E-state index in [4.69, 9.17) is 10.2 Å². The maximum Gasteiger partial charge on any atom is 0.321 e. The second-order valence-corrected chi connectivity index (χ2v) is 6.04. The van der Waals surface area contributed by atoms with Crippen molar-refractivity contribution in [1.29, 1.82) is 0 Å². The van der Waals surface area contributed by atoms with Gasteiger partial charge in [-0.3, -0.25) is 9.69 Å². The number of aliphatic carboxylic acids is 1. The first-order valence-corrected chi connectivity index (χ1v) is 8.06. The average molecular weight is 352 g/mol. The number of carboxylic acids is 1. The first kappa shape index (κ1) is 19.4. The maximum atomic E-state index is 11.8. The van der Waals surface area contributed by atoms with Crippen LogP contribution in [0.4, 0.5) is 0 Å². The van der Waals surface area contributed by atoms with Crippen molar-refractivity contribution in [3.05, 3.63) is 36.0 Å². The van der Waals surface area contributed by atoms with E-state index in [9.17, 15) is 20.1 Å². The van der Waals surface area contributed by atoms with Crippen molar-refractivity contribution in [3.8, 4) is 0 Å². The van der Waals surface area contributed by atoms with Gasteiger partial charge in [0.1, 0.15) is 6.04 Å².